The van der Waals surface area contributed by atoms with Crippen molar-refractivity contribution in [2.24, 2.45) is 52.3 Å². The highest BCUT2D eigenvalue weighted by Crippen LogP contribution is 2.68. The number of fused-ring (bicyclic) bond motifs is 5. The molecule has 4 aliphatic rings. The Bertz CT molecular complexity index is 559. The molecule has 4 aliphatic carbocycles. The average molecular weight is 405 g/mol. The van der Waals surface area contributed by atoms with Crippen molar-refractivity contribution < 1.29 is 10.2 Å². The summed E-state index contributed by atoms with van der Waals surface area (Å²) in [5.74, 6) is 5.71. The summed E-state index contributed by atoms with van der Waals surface area (Å²) in [6.45, 7) is 9.84. The van der Waals surface area contributed by atoms with E-state index in [0.717, 1.165) is 48.3 Å². The molecule has 0 saturated heterocycles. The molecule has 4 fully saturated rings. The van der Waals surface area contributed by atoms with E-state index in [1.54, 1.807) is 0 Å². The second kappa shape index (κ2) is 8.45. The zero-order valence-corrected chi connectivity index (χ0v) is 19.7. The Morgan fingerprint density at radius 3 is 2.31 bits per heavy atom. The van der Waals surface area contributed by atoms with Crippen LogP contribution in [0.5, 0.6) is 0 Å². The first kappa shape index (κ1) is 22.1. The molecular weight excluding hydrogens is 356 g/mol. The van der Waals surface area contributed by atoms with Crippen LogP contribution in [0.1, 0.15) is 111 Å². The lowest BCUT2D eigenvalue weighted by Crippen LogP contribution is -2.53. The third-order valence-electron chi connectivity index (χ3n) is 11.2. The van der Waals surface area contributed by atoms with E-state index in [0.29, 0.717) is 10.8 Å². The van der Waals surface area contributed by atoms with Crippen LogP contribution in [0.4, 0.5) is 0 Å². The summed E-state index contributed by atoms with van der Waals surface area (Å²) in [7, 11) is 0. The van der Waals surface area contributed by atoms with Gasteiger partial charge in [0.05, 0.1) is 0 Å². The highest BCUT2D eigenvalue weighted by molar-refractivity contribution is 5.09. The van der Waals surface area contributed by atoms with Gasteiger partial charge in [-0.25, -0.2) is 0 Å². The summed E-state index contributed by atoms with van der Waals surface area (Å²) in [4.78, 5) is 0. The van der Waals surface area contributed by atoms with Crippen LogP contribution in [0.2, 0.25) is 0 Å². The SMILES string of the molecule is CC(CCC[C@@H](C)[C@H]1CC[C@H]2[C@@H]3CC[C@H]4CCCC[C@]4(C)[C@H]3CC[C@]12C)C(O)O. The van der Waals surface area contributed by atoms with E-state index in [9.17, 15) is 10.2 Å². The topological polar surface area (TPSA) is 40.5 Å². The third kappa shape index (κ3) is 3.84. The van der Waals surface area contributed by atoms with Gasteiger partial charge in [0.15, 0.2) is 6.29 Å². The van der Waals surface area contributed by atoms with E-state index < -0.39 is 6.29 Å². The lowest BCUT2D eigenvalue weighted by Gasteiger charge is -2.61. The van der Waals surface area contributed by atoms with E-state index >= 15 is 0 Å². The molecule has 4 saturated carbocycles. The molecule has 2 N–H and O–H groups in total. The van der Waals surface area contributed by atoms with Crippen LogP contribution < -0.4 is 0 Å². The van der Waals surface area contributed by atoms with Gasteiger partial charge in [0.1, 0.15) is 0 Å². The van der Waals surface area contributed by atoms with Crippen LogP contribution in [0.15, 0.2) is 0 Å². The fourth-order valence-corrected chi connectivity index (χ4v) is 9.38. The predicted molar refractivity (Wildman–Crippen MR) is 120 cm³/mol. The van der Waals surface area contributed by atoms with Crippen LogP contribution >= 0.6 is 0 Å². The van der Waals surface area contributed by atoms with Crippen molar-refractivity contribution in [3.63, 3.8) is 0 Å². The second-order valence-electron chi connectivity index (χ2n) is 12.4. The molecule has 4 rings (SSSR count). The molecule has 0 aromatic heterocycles. The third-order valence-corrected chi connectivity index (χ3v) is 11.2. The van der Waals surface area contributed by atoms with Gasteiger partial charge in [-0.1, -0.05) is 53.4 Å². The maximum atomic E-state index is 9.36. The maximum Gasteiger partial charge on any atom is 0.154 e. The number of hydrogen-bond acceptors (Lipinski definition) is 2. The Kier molecular flexibility index (Phi) is 6.45. The van der Waals surface area contributed by atoms with E-state index in [2.05, 4.69) is 20.8 Å². The van der Waals surface area contributed by atoms with Crippen LogP contribution in [0.25, 0.3) is 0 Å². The Morgan fingerprint density at radius 2 is 1.55 bits per heavy atom. The van der Waals surface area contributed by atoms with Crippen molar-refractivity contribution in [3.8, 4) is 0 Å². The summed E-state index contributed by atoms with van der Waals surface area (Å²) < 4.78 is 0. The van der Waals surface area contributed by atoms with E-state index in [4.69, 9.17) is 0 Å². The summed E-state index contributed by atoms with van der Waals surface area (Å²) in [6.07, 6.45) is 17.2. The Hall–Kier alpha value is -0.0800. The number of hydrogen-bond donors (Lipinski definition) is 2. The number of aliphatic hydroxyl groups is 2. The molecule has 0 heterocycles. The van der Waals surface area contributed by atoms with Crippen molar-refractivity contribution in [1.29, 1.82) is 0 Å². The molecule has 0 bridgehead atoms. The summed E-state index contributed by atoms with van der Waals surface area (Å²) in [5, 5.41) is 18.7. The van der Waals surface area contributed by atoms with Gasteiger partial charge in [-0.3, -0.25) is 0 Å². The van der Waals surface area contributed by atoms with Crippen molar-refractivity contribution in [2.75, 3.05) is 0 Å². The van der Waals surface area contributed by atoms with Gasteiger partial charge in [-0.2, -0.15) is 0 Å². The Labute approximate surface area is 180 Å². The molecule has 1 unspecified atom stereocenters. The van der Waals surface area contributed by atoms with Crippen molar-refractivity contribution in [3.05, 3.63) is 0 Å². The average Bonchev–Trinajstić information content (AvgIpc) is 3.04. The van der Waals surface area contributed by atoms with Crippen molar-refractivity contribution in [2.45, 2.75) is 117 Å². The smallest absolute Gasteiger partial charge is 0.154 e. The first-order valence-electron chi connectivity index (χ1n) is 13.1. The van der Waals surface area contributed by atoms with Gasteiger partial charge < -0.3 is 10.2 Å². The monoisotopic (exact) mass is 404 g/mol. The van der Waals surface area contributed by atoms with Crippen LogP contribution in [-0.4, -0.2) is 16.5 Å². The molecule has 0 aromatic carbocycles. The van der Waals surface area contributed by atoms with Gasteiger partial charge in [-0.05, 0) is 104 Å². The lowest BCUT2D eigenvalue weighted by atomic mass is 9.44. The van der Waals surface area contributed by atoms with Crippen molar-refractivity contribution >= 4 is 0 Å². The molecule has 0 aliphatic heterocycles. The van der Waals surface area contributed by atoms with Crippen LogP contribution in [-0.2, 0) is 0 Å². The maximum absolute atomic E-state index is 9.36. The molecule has 29 heavy (non-hydrogen) atoms. The summed E-state index contributed by atoms with van der Waals surface area (Å²) in [6, 6.07) is 0. The molecule has 0 amide bonds. The molecule has 2 heteroatoms. The molecule has 9 atom stereocenters. The van der Waals surface area contributed by atoms with Crippen LogP contribution in [0, 0.1) is 52.3 Å². The van der Waals surface area contributed by atoms with Gasteiger partial charge in [0.25, 0.3) is 0 Å². The van der Waals surface area contributed by atoms with Gasteiger partial charge in [0, 0.05) is 5.92 Å². The fourth-order valence-electron chi connectivity index (χ4n) is 9.38. The largest absolute Gasteiger partial charge is 0.368 e. The Balaban J connectivity index is 1.41. The van der Waals surface area contributed by atoms with Crippen LogP contribution in [0.3, 0.4) is 0 Å². The highest BCUT2D eigenvalue weighted by atomic mass is 16.5. The van der Waals surface area contributed by atoms with Gasteiger partial charge in [0.2, 0.25) is 0 Å². The first-order chi connectivity index (χ1) is 13.8. The molecule has 0 spiro atoms. The standard InChI is InChI=1S/C27H48O2/c1-18(8-7-9-19(2)25(28)29)22-13-14-23-21-12-11-20-10-5-6-16-26(20,3)24(21)15-17-27(22,23)4/h18-25,28-29H,5-17H2,1-4H3/t18-,19?,20-,21+,22-,23+,24+,26+,27-/m1/s1. The zero-order valence-electron chi connectivity index (χ0n) is 19.7. The van der Waals surface area contributed by atoms with E-state index in [-0.39, 0.29) is 5.92 Å². The molecule has 0 radical (unpaired) electrons. The number of aliphatic hydroxyl groups excluding tert-OH is 1. The highest BCUT2D eigenvalue weighted by Gasteiger charge is 2.59. The summed E-state index contributed by atoms with van der Waals surface area (Å²) in [5.41, 5.74) is 1.23. The summed E-state index contributed by atoms with van der Waals surface area (Å²) >= 11 is 0. The molecule has 2 nitrogen and oxygen atoms in total. The predicted octanol–water partition coefficient (Wildman–Crippen LogP) is 6.79. The van der Waals surface area contributed by atoms with E-state index in [1.807, 2.05) is 6.92 Å². The van der Waals surface area contributed by atoms with Gasteiger partial charge in [-0.15, -0.1) is 0 Å². The minimum absolute atomic E-state index is 0.0102. The minimum atomic E-state index is -1.15. The molecule has 168 valence electrons. The van der Waals surface area contributed by atoms with Crippen molar-refractivity contribution in [1.82, 2.24) is 0 Å². The number of rotatable bonds is 6. The first-order valence-corrected chi connectivity index (χ1v) is 13.1. The fraction of sp³-hybridized carbons (Fsp3) is 1.00. The minimum Gasteiger partial charge on any atom is -0.368 e. The van der Waals surface area contributed by atoms with E-state index in [1.165, 1.54) is 70.6 Å². The molecular formula is C27H48O2. The van der Waals surface area contributed by atoms with Gasteiger partial charge >= 0.3 is 0 Å². The second-order valence-corrected chi connectivity index (χ2v) is 12.4. The normalized spacial score (nSPS) is 46.7. The lowest BCUT2D eigenvalue weighted by molar-refractivity contribution is -0.114. The Morgan fingerprint density at radius 1 is 0.793 bits per heavy atom. The quantitative estimate of drug-likeness (QED) is 0.478. The zero-order chi connectivity index (χ0) is 20.8. The molecule has 0 aromatic rings.